The molecule has 1 fully saturated rings. The van der Waals surface area contributed by atoms with Crippen molar-refractivity contribution in [1.29, 1.82) is 0 Å². The summed E-state index contributed by atoms with van der Waals surface area (Å²) in [5.74, 6) is -0.346. The molecule has 1 aliphatic carbocycles. The van der Waals surface area contributed by atoms with Crippen molar-refractivity contribution in [1.82, 2.24) is 20.1 Å². The molecule has 1 aliphatic rings. The number of nitrogens with zero attached hydrogens (tertiary/aromatic N) is 3. The molecule has 0 unspecified atom stereocenters. The van der Waals surface area contributed by atoms with Crippen LogP contribution in [0.25, 0.3) is 17.1 Å². The summed E-state index contributed by atoms with van der Waals surface area (Å²) in [5, 5.41) is 11.7. The molecule has 4 aromatic rings. The molecule has 1 heterocycles. The molecule has 3 aromatic carbocycles. The van der Waals surface area contributed by atoms with Crippen LogP contribution in [-0.2, 0) is 4.79 Å². The second kappa shape index (κ2) is 9.15. The summed E-state index contributed by atoms with van der Waals surface area (Å²) in [6.07, 6.45) is 1.97. The van der Waals surface area contributed by atoms with Crippen LogP contribution in [0, 0.1) is 11.6 Å². The molecule has 166 valence electrons. The van der Waals surface area contributed by atoms with Gasteiger partial charge in [0.2, 0.25) is 5.91 Å². The SMILES string of the molecule is O=C(NC1CC1)[C@H](Sc1nnc(-c2ccc(F)cc2)n1-c1ccc(F)cc1)c1ccccc1. The molecule has 1 aromatic heterocycles. The van der Waals surface area contributed by atoms with Crippen molar-refractivity contribution >= 4 is 17.7 Å². The van der Waals surface area contributed by atoms with Crippen LogP contribution >= 0.6 is 11.8 Å². The topological polar surface area (TPSA) is 59.8 Å². The van der Waals surface area contributed by atoms with Gasteiger partial charge in [-0.15, -0.1) is 10.2 Å². The number of aromatic nitrogens is 3. The Kier molecular flexibility index (Phi) is 5.92. The van der Waals surface area contributed by atoms with E-state index in [9.17, 15) is 13.6 Å². The molecule has 1 amide bonds. The van der Waals surface area contributed by atoms with Crippen LogP contribution in [0.3, 0.4) is 0 Å². The van der Waals surface area contributed by atoms with Crippen LogP contribution in [0.1, 0.15) is 23.7 Å². The third-order valence-corrected chi connectivity index (χ3v) is 6.51. The number of carbonyl (C=O) groups is 1. The van der Waals surface area contributed by atoms with E-state index < -0.39 is 5.25 Å². The van der Waals surface area contributed by atoms with Crippen molar-refractivity contribution in [3.05, 3.63) is 96.1 Å². The minimum atomic E-state index is -0.545. The van der Waals surface area contributed by atoms with Gasteiger partial charge in [-0.1, -0.05) is 42.1 Å². The zero-order chi connectivity index (χ0) is 22.8. The van der Waals surface area contributed by atoms with Gasteiger partial charge in [-0.2, -0.15) is 0 Å². The molecule has 0 aliphatic heterocycles. The Morgan fingerprint density at radius 2 is 1.55 bits per heavy atom. The molecule has 1 atom stereocenters. The highest BCUT2D eigenvalue weighted by molar-refractivity contribution is 8.00. The van der Waals surface area contributed by atoms with E-state index in [4.69, 9.17) is 0 Å². The highest BCUT2D eigenvalue weighted by atomic mass is 32.2. The molecule has 33 heavy (non-hydrogen) atoms. The molecule has 1 saturated carbocycles. The third-order valence-electron chi connectivity index (χ3n) is 5.31. The number of thioether (sulfide) groups is 1. The maximum Gasteiger partial charge on any atom is 0.238 e. The molecule has 5 nitrogen and oxygen atoms in total. The maximum absolute atomic E-state index is 13.6. The number of amides is 1. The molecule has 0 saturated heterocycles. The third kappa shape index (κ3) is 4.80. The first-order valence-electron chi connectivity index (χ1n) is 10.6. The summed E-state index contributed by atoms with van der Waals surface area (Å²) >= 11 is 1.27. The lowest BCUT2D eigenvalue weighted by atomic mass is 10.1. The molecular weight excluding hydrogens is 442 g/mol. The number of hydrogen-bond acceptors (Lipinski definition) is 4. The molecular formula is C25H20F2N4OS. The fraction of sp³-hybridized carbons (Fsp3) is 0.160. The van der Waals surface area contributed by atoms with Gasteiger partial charge in [0.1, 0.15) is 16.9 Å². The van der Waals surface area contributed by atoms with Crippen LogP contribution in [0.5, 0.6) is 0 Å². The van der Waals surface area contributed by atoms with E-state index in [0.29, 0.717) is 22.2 Å². The maximum atomic E-state index is 13.6. The second-order valence-electron chi connectivity index (χ2n) is 7.82. The number of hydrogen-bond donors (Lipinski definition) is 1. The number of nitrogens with one attached hydrogen (secondary N) is 1. The lowest BCUT2D eigenvalue weighted by molar-refractivity contribution is -0.120. The van der Waals surface area contributed by atoms with Gasteiger partial charge in [0.15, 0.2) is 11.0 Å². The van der Waals surface area contributed by atoms with E-state index >= 15 is 0 Å². The predicted molar refractivity (Wildman–Crippen MR) is 123 cm³/mol. The van der Waals surface area contributed by atoms with Crippen molar-refractivity contribution in [2.24, 2.45) is 0 Å². The molecule has 5 rings (SSSR count). The zero-order valence-corrected chi connectivity index (χ0v) is 18.3. The van der Waals surface area contributed by atoms with Crippen LogP contribution < -0.4 is 5.32 Å². The monoisotopic (exact) mass is 462 g/mol. The smallest absolute Gasteiger partial charge is 0.238 e. The van der Waals surface area contributed by atoms with E-state index in [1.165, 1.54) is 36.0 Å². The van der Waals surface area contributed by atoms with Crippen molar-refractivity contribution in [2.75, 3.05) is 0 Å². The number of benzene rings is 3. The van der Waals surface area contributed by atoms with Gasteiger partial charge in [-0.05, 0) is 66.9 Å². The first kappa shape index (κ1) is 21.3. The van der Waals surface area contributed by atoms with Crippen LogP contribution in [0.15, 0.2) is 84.0 Å². The molecule has 8 heteroatoms. The van der Waals surface area contributed by atoms with E-state index in [1.807, 2.05) is 30.3 Å². The average molecular weight is 463 g/mol. The number of rotatable bonds is 7. The van der Waals surface area contributed by atoms with Crippen molar-refractivity contribution < 1.29 is 13.6 Å². The lowest BCUT2D eigenvalue weighted by Gasteiger charge is -2.17. The van der Waals surface area contributed by atoms with Gasteiger partial charge in [0, 0.05) is 17.3 Å². The largest absolute Gasteiger partial charge is 0.352 e. The summed E-state index contributed by atoms with van der Waals surface area (Å²) in [5.41, 5.74) is 2.13. The number of carbonyl (C=O) groups excluding carboxylic acids is 1. The number of halogens is 2. The van der Waals surface area contributed by atoms with Gasteiger partial charge in [-0.25, -0.2) is 8.78 Å². The molecule has 0 spiro atoms. The van der Waals surface area contributed by atoms with Gasteiger partial charge < -0.3 is 5.32 Å². The van der Waals surface area contributed by atoms with Crippen molar-refractivity contribution in [3.63, 3.8) is 0 Å². The zero-order valence-electron chi connectivity index (χ0n) is 17.5. The van der Waals surface area contributed by atoms with Crippen molar-refractivity contribution in [2.45, 2.75) is 29.3 Å². The van der Waals surface area contributed by atoms with Gasteiger partial charge in [0.25, 0.3) is 0 Å². The Bertz CT molecular complexity index is 1260. The van der Waals surface area contributed by atoms with Gasteiger partial charge in [-0.3, -0.25) is 9.36 Å². The molecule has 0 radical (unpaired) electrons. The lowest BCUT2D eigenvalue weighted by Crippen LogP contribution is -2.29. The highest BCUT2D eigenvalue weighted by Crippen LogP contribution is 2.38. The van der Waals surface area contributed by atoms with Crippen LogP contribution in [0.4, 0.5) is 8.78 Å². The molecule has 0 bridgehead atoms. The van der Waals surface area contributed by atoms with E-state index in [2.05, 4.69) is 15.5 Å². The van der Waals surface area contributed by atoms with Gasteiger partial charge >= 0.3 is 0 Å². The minimum absolute atomic E-state index is 0.0920. The Morgan fingerprint density at radius 3 is 2.18 bits per heavy atom. The summed E-state index contributed by atoms with van der Waals surface area (Å²) in [6.45, 7) is 0. The normalized spacial score (nSPS) is 14.1. The van der Waals surface area contributed by atoms with Crippen molar-refractivity contribution in [3.8, 4) is 17.1 Å². The first-order chi connectivity index (χ1) is 16.1. The van der Waals surface area contributed by atoms with Crippen LogP contribution in [0.2, 0.25) is 0 Å². The Labute approximate surface area is 193 Å². The predicted octanol–water partition coefficient (Wildman–Crippen LogP) is 5.32. The van der Waals surface area contributed by atoms with E-state index in [-0.39, 0.29) is 23.6 Å². The summed E-state index contributed by atoms with van der Waals surface area (Å²) in [7, 11) is 0. The first-order valence-corrected chi connectivity index (χ1v) is 11.5. The summed E-state index contributed by atoms with van der Waals surface area (Å²) in [4.78, 5) is 13.1. The fourth-order valence-electron chi connectivity index (χ4n) is 3.47. The quantitative estimate of drug-likeness (QED) is 0.378. The van der Waals surface area contributed by atoms with E-state index in [1.54, 1.807) is 28.8 Å². The molecule has 1 N–H and O–H groups in total. The highest BCUT2D eigenvalue weighted by Gasteiger charge is 2.31. The summed E-state index contributed by atoms with van der Waals surface area (Å²) in [6, 6.07) is 21.6. The standard InChI is InChI=1S/C25H20F2N4OS/c26-18-8-6-17(7-9-18)23-29-30-25(31(23)21-14-10-19(27)11-15-21)33-22(16-4-2-1-3-5-16)24(32)28-20-12-13-20/h1-11,14-15,20,22H,12-13H2,(H,28,32)/t22-/m1/s1. The average Bonchev–Trinajstić information content (AvgIpc) is 3.55. The minimum Gasteiger partial charge on any atom is -0.352 e. The summed E-state index contributed by atoms with van der Waals surface area (Å²) < 4.78 is 28.9. The Morgan fingerprint density at radius 1 is 0.909 bits per heavy atom. The second-order valence-corrected chi connectivity index (χ2v) is 8.89. The van der Waals surface area contributed by atoms with Gasteiger partial charge in [0.05, 0.1) is 0 Å². The Hall–Kier alpha value is -3.52. The van der Waals surface area contributed by atoms with E-state index in [0.717, 1.165) is 18.4 Å². The van der Waals surface area contributed by atoms with Crippen LogP contribution in [-0.4, -0.2) is 26.7 Å². The fourth-order valence-corrected chi connectivity index (χ4v) is 4.53. The Balaban J connectivity index is 1.57.